The van der Waals surface area contributed by atoms with Gasteiger partial charge < -0.3 is 33.5 Å². The standard InChI is InChI=1S/C29H42N2O6.Zn/c1-6-21(7-2)15-16-25(32)31-17-11-14-23(19-31)27(34)30-24(28(35)37-29(3,4)5)18-26(33)36-20-22-12-9-8-10-13-22;/h8-10,12-13,21,23-24H,1-2,6-7,11,14-20H2,3-5H3,(H,30,34);/q-2;+2/t23-,24+;/m1./s1. The molecule has 2 rings (SSSR count). The fraction of sp³-hybridized carbons (Fsp3) is 0.586. The van der Waals surface area contributed by atoms with E-state index < -0.39 is 29.5 Å². The fourth-order valence-electron chi connectivity index (χ4n) is 4.16. The largest absolute Gasteiger partial charge is 2.00 e. The van der Waals surface area contributed by atoms with Gasteiger partial charge in [0.05, 0.1) is 12.3 Å². The molecule has 1 aromatic rings. The molecule has 0 spiro atoms. The molecular formula is C29H42N2O6Zn. The number of hydrogen-bond acceptors (Lipinski definition) is 6. The van der Waals surface area contributed by atoms with Crippen molar-refractivity contribution < 1.29 is 48.1 Å². The van der Waals surface area contributed by atoms with Crippen molar-refractivity contribution in [3.63, 3.8) is 0 Å². The predicted octanol–water partition coefficient (Wildman–Crippen LogP) is 4.03. The molecule has 8 nitrogen and oxygen atoms in total. The Balaban J connectivity index is 0.00000722. The second kappa shape index (κ2) is 16.6. The van der Waals surface area contributed by atoms with E-state index in [0.717, 1.165) is 24.8 Å². The number of nitrogens with zero attached hydrogens (tertiary/aromatic N) is 1. The van der Waals surface area contributed by atoms with Gasteiger partial charge in [0.1, 0.15) is 18.2 Å². The summed E-state index contributed by atoms with van der Waals surface area (Å²) in [5.74, 6) is -1.85. The number of piperidine rings is 1. The van der Waals surface area contributed by atoms with Crippen molar-refractivity contribution in [1.82, 2.24) is 10.2 Å². The Bertz CT molecular complexity index is 898. The van der Waals surface area contributed by atoms with Crippen LogP contribution in [0.3, 0.4) is 0 Å². The summed E-state index contributed by atoms with van der Waals surface area (Å²) in [6, 6.07) is 8.01. The van der Waals surface area contributed by atoms with Crippen LogP contribution >= 0.6 is 0 Å². The first kappa shape index (κ1) is 33.8. The third kappa shape index (κ3) is 12.1. The first-order chi connectivity index (χ1) is 17.5. The summed E-state index contributed by atoms with van der Waals surface area (Å²) in [5, 5.41) is 2.70. The van der Waals surface area contributed by atoms with E-state index in [9.17, 15) is 19.2 Å². The van der Waals surface area contributed by atoms with E-state index in [0.29, 0.717) is 31.7 Å². The molecule has 206 valence electrons. The minimum atomic E-state index is -1.18. The van der Waals surface area contributed by atoms with Crippen molar-refractivity contribution in [2.24, 2.45) is 11.8 Å². The van der Waals surface area contributed by atoms with Gasteiger partial charge in [-0.05, 0) is 45.6 Å². The molecule has 2 amide bonds. The molecule has 0 saturated carbocycles. The Morgan fingerprint density at radius 2 is 1.76 bits per heavy atom. The summed E-state index contributed by atoms with van der Waals surface area (Å²) < 4.78 is 10.8. The van der Waals surface area contributed by atoms with Gasteiger partial charge in [-0.15, -0.1) is 0 Å². The summed E-state index contributed by atoms with van der Waals surface area (Å²) in [6.45, 7) is 13.9. The van der Waals surface area contributed by atoms with Gasteiger partial charge in [0.25, 0.3) is 0 Å². The molecule has 0 aromatic heterocycles. The number of esters is 2. The molecule has 9 heteroatoms. The van der Waals surface area contributed by atoms with Crippen LogP contribution in [-0.2, 0) is 54.7 Å². The summed E-state index contributed by atoms with van der Waals surface area (Å²) in [6.07, 6.45) is 3.54. The number of likely N-dealkylation sites (tertiary alicyclic amines) is 1. The maximum Gasteiger partial charge on any atom is 2.00 e. The first-order valence-corrected chi connectivity index (χ1v) is 13.1. The predicted molar refractivity (Wildman–Crippen MR) is 141 cm³/mol. The molecular weight excluding hydrogens is 538 g/mol. The van der Waals surface area contributed by atoms with E-state index in [1.807, 2.05) is 30.3 Å². The van der Waals surface area contributed by atoms with E-state index >= 15 is 0 Å². The second-order valence-electron chi connectivity index (χ2n) is 10.6. The number of ether oxygens (including phenoxy) is 2. The van der Waals surface area contributed by atoms with Gasteiger partial charge >= 0.3 is 31.4 Å². The van der Waals surface area contributed by atoms with E-state index in [1.54, 1.807) is 25.7 Å². The maximum absolute atomic E-state index is 13.1. The van der Waals surface area contributed by atoms with Gasteiger partial charge in [-0.3, -0.25) is 14.4 Å². The average Bonchev–Trinajstić information content (AvgIpc) is 2.87. The quantitative estimate of drug-likeness (QED) is 0.228. The number of nitrogens with one attached hydrogen (secondary N) is 1. The number of carbonyl (C=O) groups is 4. The Kier molecular flexibility index (Phi) is 14.8. The zero-order valence-corrected chi connectivity index (χ0v) is 26.2. The Labute approximate surface area is 240 Å². The third-order valence-corrected chi connectivity index (χ3v) is 6.35. The summed E-state index contributed by atoms with van der Waals surface area (Å²) in [4.78, 5) is 53.0. The van der Waals surface area contributed by atoms with Gasteiger partial charge in [-0.2, -0.15) is 12.8 Å². The monoisotopic (exact) mass is 578 g/mol. The molecule has 1 aliphatic heterocycles. The van der Waals surface area contributed by atoms with Gasteiger partial charge in [0.15, 0.2) is 0 Å². The number of amides is 2. The smallest absolute Gasteiger partial charge is 0.461 e. The van der Waals surface area contributed by atoms with Gasteiger partial charge in [0.2, 0.25) is 11.8 Å². The molecule has 1 aliphatic rings. The van der Waals surface area contributed by atoms with E-state index in [1.165, 1.54) is 0 Å². The van der Waals surface area contributed by atoms with Crippen molar-refractivity contribution >= 4 is 23.8 Å². The molecule has 1 saturated heterocycles. The topological polar surface area (TPSA) is 102 Å². The van der Waals surface area contributed by atoms with Crippen molar-refractivity contribution in [1.29, 1.82) is 0 Å². The Morgan fingerprint density at radius 3 is 2.37 bits per heavy atom. The van der Waals surface area contributed by atoms with Crippen LogP contribution in [0.4, 0.5) is 0 Å². The van der Waals surface area contributed by atoms with Crippen LogP contribution in [0.5, 0.6) is 0 Å². The number of carbonyl (C=O) groups excluding carboxylic acids is 4. The fourth-order valence-corrected chi connectivity index (χ4v) is 4.16. The van der Waals surface area contributed by atoms with Crippen LogP contribution in [-0.4, -0.2) is 53.4 Å². The zero-order valence-electron chi connectivity index (χ0n) is 23.2. The molecule has 2 atom stereocenters. The van der Waals surface area contributed by atoms with E-state index in [4.69, 9.17) is 9.47 Å². The normalized spacial score (nSPS) is 16.3. The molecule has 1 fully saturated rings. The van der Waals surface area contributed by atoms with Crippen LogP contribution in [0.1, 0.15) is 71.3 Å². The summed E-state index contributed by atoms with van der Waals surface area (Å²) in [7, 11) is 0. The van der Waals surface area contributed by atoms with Crippen LogP contribution in [0.15, 0.2) is 30.3 Å². The zero-order chi connectivity index (χ0) is 27.4. The Hall–Kier alpha value is -2.28. The summed E-state index contributed by atoms with van der Waals surface area (Å²) in [5.41, 5.74) is 0.0273. The average molecular weight is 580 g/mol. The van der Waals surface area contributed by atoms with Gasteiger partial charge in [-0.1, -0.05) is 36.2 Å². The molecule has 0 bridgehead atoms. The van der Waals surface area contributed by atoms with Gasteiger partial charge in [-0.25, -0.2) is 4.79 Å². The van der Waals surface area contributed by atoms with Gasteiger partial charge in [0, 0.05) is 19.5 Å². The van der Waals surface area contributed by atoms with Crippen molar-refractivity contribution in [3.05, 3.63) is 49.7 Å². The van der Waals surface area contributed by atoms with E-state index in [-0.39, 0.29) is 50.9 Å². The Morgan fingerprint density at radius 1 is 1.11 bits per heavy atom. The third-order valence-electron chi connectivity index (χ3n) is 6.35. The van der Waals surface area contributed by atoms with Crippen molar-refractivity contribution in [2.45, 2.75) is 84.0 Å². The number of hydrogen-bond donors (Lipinski definition) is 1. The second-order valence-corrected chi connectivity index (χ2v) is 10.6. The number of rotatable bonds is 12. The molecule has 1 heterocycles. The minimum Gasteiger partial charge on any atom is -0.461 e. The minimum absolute atomic E-state index is 0. The van der Waals surface area contributed by atoms with Crippen LogP contribution in [0, 0.1) is 25.7 Å². The first-order valence-electron chi connectivity index (χ1n) is 13.1. The van der Waals surface area contributed by atoms with Crippen molar-refractivity contribution in [3.8, 4) is 0 Å². The molecule has 38 heavy (non-hydrogen) atoms. The molecule has 0 radical (unpaired) electrons. The van der Waals surface area contributed by atoms with Crippen LogP contribution < -0.4 is 5.32 Å². The van der Waals surface area contributed by atoms with E-state index in [2.05, 4.69) is 19.2 Å². The molecule has 1 aromatic carbocycles. The maximum atomic E-state index is 13.1. The molecule has 0 unspecified atom stereocenters. The summed E-state index contributed by atoms with van der Waals surface area (Å²) >= 11 is 0. The molecule has 0 aliphatic carbocycles. The van der Waals surface area contributed by atoms with Crippen LogP contribution in [0.25, 0.3) is 0 Å². The number of benzene rings is 1. The molecule has 1 N–H and O–H groups in total. The SMILES string of the molecule is [CH2-]CC(C[CH2-])CCC(=O)N1CCC[C@@H](C(=O)N[C@@H](CC(=O)OCc2ccccc2)C(=O)OC(C)(C)C)C1.[Zn+2]. The van der Waals surface area contributed by atoms with Crippen molar-refractivity contribution in [2.75, 3.05) is 13.1 Å². The van der Waals surface area contributed by atoms with Crippen LogP contribution in [0.2, 0.25) is 0 Å².